The molecule has 1 rings (SSSR count). The van der Waals surface area contributed by atoms with E-state index in [1.807, 2.05) is 0 Å². The van der Waals surface area contributed by atoms with Crippen molar-refractivity contribution in [3.8, 4) is 0 Å². The largest absolute Gasteiger partial charge is 0.481 e. The summed E-state index contributed by atoms with van der Waals surface area (Å²) >= 11 is 1.19. The van der Waals surface area contributed by atoms with Crippen LogP contribution < -0.4 is 0 Å². The lowest BCUT2D eigenvalue weighted by Gasteiger charge is -1.96. The summed E-state index contributed by atoms with van der Waals surface area (Å²) in [4.78, 5) is 18.1. The minimum absolute atomic E-state index is 0.0381. The van der Waals surface area contributed by atoms with Crippen molar-refractivity contribution in [3.05, 3.63) is 18.1 Å². The van der Waals surface area contributed by atoms with Crippen molar-refractivity contribution < 1.29 is 9.90 Å². The second-order valence-electron chi connectivity index (χ2n) is 2.12. The Hall–Kier alpha value is -1.10. The predicted octanol–water partition coefficient (Wildman–Crippen LogP) is 0.962. The van der Waals surface area contributed by atoms with Gasteiger partial charge in [-0.3, -0.25) is 4.79 Å². The molecule has 0 unspecified atom stereocenters. The number of carbonyl (C=O) groups is 1. The quantitative estimate of drug-likeness (QED) is 0.560. The summed E-state index contributed by atoms with van der Waals surface area (Å²) in [7, 11) is 0. The van der Waals surface area contributed by atoms with Crippen molar-refractivity contribution in [2.24, 2.45) is 0 Å². The van der Waals surface area contributed by atoms with Gasteiger partial charge in [0.25, 0.3) is 0 Å². The third kappa shape index (κ3) is 2.87. The van der Waals surface area contributed by atoms with E-state index < -0.39 is 5.97 Å². The minimum Gasteiger partial charge on any atom is -0.481 e. The standard InChI is InChI=1S/C7H8N2O2S/c1-5-8-3-2-6(9-5)12-4-7(10)11/h2-3H,4H2,1H3,(H,10,11). The number of carboxylic acid groups (broad SMARTS) is 1. The average molecular weight is 184 g/mol. The lowest BCUT2D eigenvalue weighted by molar-refractivity contribution is -0.133. The van der Waals surface area contributed by atoms with E-state index in [0.717, 1.165) is 0 Å². The van der Waals surface area contributed by atoms with E-state index in [2.05, 4.69) is 9.97 Å². The molecule has 0 bridgehead atoms. The predicted molar refractivity (Wildman–Crippen MR) is 45.1 cm³/mol. The van der Waals surface area contributed by atoms with E-state index >= 15 is 0 Å². The van der Waals surface area contributed by atoms with Gasteiger partial charge in [0.05, 0.1) is 5.75 Å². The Kier molecular flexibility index (Phi) is 3.04. The van der Waals surface area contributed by atoms with Crippen LogP contribution in [0, 0.1) is 6.92 Å². The first-order valence-corrected chi connectivity index (χ1v) is 4.31. The summed E-state index contributed by atoms with van der Waals surface area (Å²) in [5.41, 5.74) is 0. The molecule has 5 heteroatoms. The zero-order valence-electron chi connectivity index (χ0n) is 6.52. The van der Waals surface area contributed by atoms with Crippen molar-refractivity contribution >= 4 is 17.7 Å². The van der Waals surface area contributed by atoms with Gasteiger partial charge in [0, 0.05) is 6.20 Å². The van der Waals surface area contributed by atoms with E-state index in [4.69, 9.17) is 5.11 Å². The number of rotatable bonds is 3. The molecule has 0 saturated carbocycles. The first-order chi connectivity index (χ1) is 5.68. The maximum absolute atomic E-state index is 10.2. The van der Waals surface area contributed by atoms with Crippen molar-refractivity contribution in [1.29, 1.82) is 0 Å². The topological polar surface area (TPSA) is 63.1 Å². The molecule has 64 valence electrons. The zero-order chi connectivity index (χ0) is 8.97. The summed E-state index contributed by atoms with van der Waals surface area (Å²) < 4.78 is 0. The lowest BCUT2D eigenvalue weighted by Crippen LogP contribution is -1.98. The monoisotopic (exact) mass is 184 g/mol. The number of aromatic nitrogens is 2. The Morgan fingerprint density at radius 3 is 3.08 bits per heavy atom. The summed E-state index contributed by atoms with van der Waals surface area (Å²) in [5.74, 6) is -0.141. The molecule has 1 aromatic rings. The van der Waals surface area contributed by atoms with Crippen LogP contribution in [0.25, 0.3) is 0 Å². The van der Waals surface area contributed by atoms with Crippen LogP contribution in [0.1, 0.15) is 5.82 Å². The lowest BCUT2D eigenvalue weighted by atomic mass is 10.6. The highest BCUT2D eigenvalue weighted by atomic mass is 32.2. The molecule has 0 amide bonds. The summed E-state index contributed by atoms with van der Waals surface area (Å²) in [6.07, 6.45) is 1.62. The van der Waals surface area contributed by atoms with E-state index in [0.29, 0.717) is 10.9 Å². The molecule has 0 aromatic carbocycles. The molecule has 0 fully saturated rings. The van der Waals surface area contributed by atoms with Crippen LogP contribution in [-0.2, 0) is 4.79 Å². The highest BCUT2D eigenvalue weighted by Gasteiger charge is 2.00. The molecule has 0 saturated heterocycles. The molecule has 12 heavy (non-hydrogen) atoms. The number of thioether (sulfide) groups is 1. The van der Waals surface area contributed by atoms with Crippen LogP contribution >= 0.6 is 11.8 Å². The van der Waals surface area contributed by atoms with Gasteiger partial charge < -0.3 is 5.11 Å². The van der Waals surface area contributed by atoms with Crippen LogP contribution in [0.3, 0.4) is 0 Å². The third-order valence-electron chi connectivity index (χ3n) is 1.09. The van der Waals surface area contributed by atoms with Gasteiger partial charge in [0.15, 0.2) is 0 Å². The molecule has 1 aromatic heterocycles. The fraction of sp³-hybridized carbons (Fsp3) is 0.286. The SMILES string of the molecule is Cc1nccc(SCC(=O)O)n1. The molecule has 0 atom stereocenters. The van der Waals surface area contributed by atoms with E-state index in [-0.39, 0.29) is 5.75 Å². The number of carboxylic acids is 1. The van der Waals surface area contributed by atoms with Crippen LogP contribution in [-0.4, -0.2) is 26.8 Å². The minimum atomic E-state index is -0.837. The van der Waals surface area contributed by atoms with Gasteiger partial charge in [-0.2, -0.15) is 0 Å². The normalized spacial score (nSPS) is 9.75. The smallest absolute Gasteiger partial charge is 0.313 e. The van der Waals surface area contributed by atoms with Crippen molar-refractivity contribution in [2.45, 2.75) is 11.9 Å². The van der Waals surface area contributed by atoms with E-state index in [9.17, 15) is 4.79 Å². The van der Waals surface area contributed by atoms with Crippen LogP contribution in [0.2, 0.25) is 0 Å². The van der Waals surface area contributed by atoms with Crippen molar-refractivity contribution in [1.82, 2.24) is 9.97 Å². The fourth-order valence-electron chi connectivity index (χ4n) is 0.651. The number of aliphatic carboxylic acids is 1. The molecule has 4 nitrogen and oxygen atoms in total. The fourth-order valence-corrected chi connectivity index (χ4v) is 1.28. The van der Waals surface area contributed by atoms with Crippen molar-refractivity contribution in [2.75, 3.05) is 5.75 Å². The van der Waals surface area contributed by atoms with Gasteiger partial charge in [0.2, 0.25) is 0 Å². The van der Waals surface area contributed by atoms with Gasteiger partial charge in [-0.25, -0.2) is 9.97 Å². The Bertz CT molecular complexity index is 290. The Balaban J connectivity index is 2.57. The average Bonchev–Trinajstić information content (AvgIpc) is 2.01. The maximum Gasteiger partial charge on any atom is 0.313 e. The Morgan fingerprint density at radius 1 is 1.75 bits per heavy atom. The summed E-state index contributed by atoms with van der Waals surface area (Å²) in [6, 6.07) is 1.70. The first-order valence-electron chi connectivity index (χ1n) is 3.33. The number of hydrogen-bond acceptors (Lipinski definition) is 4. The van der Waals surface area contributed by atoms with Gasteiger partial charge in [-0.05, 0) is 13.0 Å². The molecular weight excluding hydrogens is 176 g/mol. The van der Waals surface area contributed by atoms with Crippen LogP contribution in [0.5, 0.6) is 0 Å². The summed E-state index contributed by atoms with van der Waals surface area (Å²) in [6.45, 7) is 1.77. The van der Waals surface area contributed by atoms with Gasteiger partial charge in [0.1, 0.15) is 10.9 Å². The van der Waals surface area contributed by atoms with Crippen LogP contribution in [0.15, 0.2) is 17.3 Å². The molecule has 0 aliphatic rings. The van der Waals surface area contributed by atoms with Gasteiger partial charge in [-0.1, -0.05) is 11.8 Å². The Labute approximate surface area is 74.0 Å². The molecular formula is C7H8N2O2S. The van der Waals surface area contributed by atoms with E-state index in [1.165, 1.54) is 11.8 Å². The first kappa shape index (κ1) is 8.99. The second kappa shape index (κ2) is 4.06. The molecule has 0 aliphatic heterocycles. The number of nitrogens with zero attached hydrogens (tertiary/aromatic N) is 2. The number of hydrogen-bond donors (Lipinski definition) is 1. The van der Waals surface area contributed by atoms with Crippen LogP contribution in [0.4, 0.5) is 0 Å². The highest BCUT2D eigenvalue weighted by molar-refractivity contribution is 7.99. The molecule has 1 N–H and O–H groups in total. The van der Waals surface area contributed by atoms with Gasteiger partial charge >= 0.3 is 5.97 Å². The molecule has 0 spiro atoms. The zero-order valence-corrected chi connectivity index (χ0v) is 7.34. The number of aryl methyl sites for hydroxylation is 1. The highest BCUT2D eigenvalue weighted by Crippen LogP contribution is 2.13. The molecule has 1 heterocycles. The van der Waals surface area contributed by atoms with Crippen molar-refractivity contribution in [3.63, 3.8) is 0 Å². The maximum atomic E-state index is 10.2. The molecule has 0 radical (unpaired) electrons. The summed E-state index contributed by atoms with van der Waals surface area (Å²) in [5, 5.41) is 9.08. The third-order valence-corrected chi connectivity index (χ3v) is 2.01. The molecule has 0 aliphatic carbocycles. The van der Waals surface area contributed by atoms with Gasteiger partial charge in [-0.15, -0.1) is 0 Å². The second-order valence-corrected chi connectivity index (χ2v) is 3.12. The Morgan fingerprint density at radius 2 is 2.50 bits per heavy atom. The van der Waals surface area contributed by atoms with E-state index in [1.54, 1.807) is 19.2 Å².